The van der Waals surface area contributed by atoms with Gasteiger partial charge in [0, 0.05) is 22.2 Å². The standard InChI is InChI=1S/C28H30ClF4N2O8P/c1-9-35(43-44(38,41-25(2,3)4)42-26(5,6)7)24(37)40-16-34-21-14-17(28(31,32)33)10-12-19(21)27(30,23(34)36)20-15-18(29)11-13-22(20)39-8/h1,10-15H,16H2,2-8H3. The molecular weight excluding hydrogens is 635 g/mol. The Labute approximate surface area is 256 Å². The molecule has 0 spiro atoms. The van der Waals surface area contributed by atoms with Crippen molar-refractivity contribution < 1.29 is 54.9 Å². The number of nitrogens with zero attached hydrogens (tertiary/aromatic N) is 2. The van der Waals surface area contributed by atoms with Crippen LogP contribution in [0.25, 0.3) is 0 Å². The van der Waals surface area contributed by atoms with Gasteiger partial charge in [-0.3, -0.25) is 18.7 Å². The SMILES string of the molecule is C#CN(OP(=O)(OC(C)(C)C)OC(C)(C)C)C(=O)OCN1C(=O)C(F)(c2cc(Cl)ccc2OC)c2ccc(C(F)(F)F)cc21. The Morgan fingerprint density at radius 1 is 1.05 bits per heavy atom. The van der Waals surface area contributed by atoms with E-state index in [0.717, 1.165) is 12.1 Å². The number of anilines is 1. The van der Waals surface area contributed by atoms with Crippen molar-refractivity contribution in [3.8, 4) is 18.2 Å². The van der Waals surface area contributed by atoms with Gasteiger partial charge in [0.1, 0.15) is 5.75 Å². The number of benzene rings is 2. The molecule has 0 radical (unpaired) electrons. The van der Waals surface area contributed by atoms with Crippen molar-refractivity contribution in [3.63, 3.8) is 0 Å². The Kier molecular flexibility index (Phi) is 9.76. The van der Waals surface area contributed by atoms with Gasteiger partial charge in [0.2, 0.25) is 5.67 Å². The zero-order valence-corrected chi connectivity index (χ0v) is 26.4. The molecule has 10 nitrogen and oxygen atoms in total. The van der Waals surface area contributed by atoms with Gasteiger partial charge < -0.3 is 9.47 Å². The van der Waals surface area contributed by atoms with Gasteiger partial charge in [-0.15, -0.1) is 4.62 Å². The lowest BCUT2D eigenvalue weighted by molar-refractivity contribution is -0.137. The minimum absolute atomic E-state index is 0.00477. The molecule has 2 aromatic carbocycles. The molecule has 1 aliphatic heterocycles. The van der Waals surface area contributed by atoms with Gasteiger partial charge in [-0.1, -0.05) is 29.2 Å². The molecule has 2 aromatic rings. The molecule has 1 atom stereocenters. The molecule has 0 aliphatic carbocycles. The molecule has 0 saturated carbocycles. The van der Waals surface area contributed by atoms with Gasteiger partial charge in [0.15, 0.2) is 6.73 Å². The second-order valence-corrected chi connectivity index (χ2v) is 13.2. The second-order valence-electron chi connectivity index (χ2n) is 11.4. The quantitative estimate of drug-likeness (QED) is 0.0935. The van der Waals surface area contributed by atoms with E-state index in [2.05, 4.69) is 0 Å². The monoisotopic (exact) mass is 664 g/mol. The Morgan fingerprint density at radius 2 is 1.64 bits per heavy atom. The summed E-state index contributed by atoms with van der Waals surface area (Å²) in [6.07, 6.45) is -1.07. The van der Waals surface area contributed by atoms with Crippen molar-refractivity contribution in [2.45, 2.75) is 64.6 Å². The summed E-state index contributed by atoms with van der Waals surface area (Å²) < 4.78 is 97.3. The third kappa shape index (κ3) is 7.65. The van der Waals surface area contributed by atoms with Crippen LogP contribution in [0.4, 0.5) is 28.0 Å². The highest BCUT2D eigenvalue weighted by molar-refractivity contribution is 7.48. The molecule has 1 heterocycles. The van der Waals surface area contributed by atoms with E-state index < -0.39 is 72.0 Å². The van der Waals surface area contributed by atoms with Crippen molar-refractivity contribution in [2.75, 3.05) is 18.7 Å². The minimum Gasteiger partial charge on any atom is -0.496 e. The lowest BCUT2D eigenvalue weighted by Gasteiger charge is -2.31. The number of carbonyl (C=O) groups excluding carboxylic acids is 2. The fourth-order valence-corrected chi connectivity index (χ4v) is 6.01. The van der Waals surface area contributed by atoms with Gasteiger partial charge in [0.05, 0.1) is 29.6 Å². The summed E-state index contributed by atoms with van der Waals surface area (Å²) in [5, 5.41) is 0.0271. The number of hydrogen-bond acceptors (Lipinski definition) is 8. The maximum atomic E-state index is 16.9. The van der Waals surface area contributed by atoms with Gasteiger partial charge in [-0.2, -0.15) is 13.2 Å². The Balaban J connectivity index is 2.00. The number of fused-ring (bicyclic) bond motifs is 1. The maximum absolute atomic E-state index is 16.9. The van der Waals surface area contributed by atoms with Crippen molar-refractivity contribution in [1.82, 2.24) is 5.06 Å². The number of phosphoric acid groups is 1. The number of hydroxylamine groups is 2. The van der Waals surface area contributed by atoms with Crippen molar-refractivity contribution in [2.24, 2.45) is 0 Å². The van der Waals surface area contributed by atoms with Crippen LogP contribution in [0.3, 0.4) is 0 Å². The number of hydrogen-bond donors (Lipinski definition) is 0. The molecule has 0 fully saturated rings. The number of halogens is 5. The molecule has 0 saturated heterocycles. The molecule has 1 unspecified atom stereocenters. The summed E-state index contributed by atoms with van der Waals surface area (Å²) in [7, 11) is -3.42. The van der Waals surface area contributed by atoms with Crippen molar-refractivity contribution in [1.29, 1.82) is 0 Å². The number of alkyl halides is 4. The molecule has 0 N–H and O–H groups in total. The number of carbonyl (C=O) groups is 2. The summed E-state index contributed by atoms with van der Waals surface area (Å²) in [5.41, 5.74) is -8.01. The number of ether oxygens (including phenoxy) is 2. The first-order valence-corrected chi connectivity index (χ1v) is 14.6. The molecular formula is C28H30ClF4N2O8P. The Bertz CT molecular complexity index is 1510. The lowest BCUT2D eigenvalue weighted by atomic mass is 9.88. The molecule has 0 aromatic heterocycles. The second kappa shape index (κ2) is 12.2. The molecule has 2 amide bonds. The first kappa shape index (κ1) is 35.1. The molecule has 1 aliphatic rings. The van der Waals surface area contributed by atoms with Crippen LogP contribution in [0, 0.1) is 12.5 Å². The average Bonchev–Trinajstić information content (AvgIpc) is 3.09. The largest absolute Gasteiger partial charge is 0.498 e. The Hall–Kier alpha value is -3.34. The van der Waals surface area contributed by atoms with Crippen molar-refractivity contribution in [3.05, 3.63) is 58.1 Å². The fraction of sp³-hybridized carbons (Fsp3) is 0.429. The molecule has 44 heavy (non-hydrogen) atoms. The van der Waals surface area contributed by atoms with Crippen LogP contribution >= 0.6 is 19.4 Å². The van der Waals surface area contributed by atoms with E-state index in [-0.39, 0.29) is 15.8 Å². The maximum Gasteiger partial charge on any atom is 0.498 e. The zero-order valence-electron chi connectivity index (χ0n) is 24.7. The third-order valence-electron chi connectivity index (χ3n) is 5.61. The van der Waals surface area contributed by atoms with Gasteiger partial charge in [-0.25, -0.2) is 13.8 Å². The number of phosphoric ester groups is 1. The average molecular weight is 665 g/mol. The van der Waals surface area contributed by atoms with E-state index in [1.807, 2.05) is 0 Å². The molecule has 0 bridgehead atoms. The lowest BCUT2D eigenvalue weighted by Crippen LogP contribution is -2.41. The number of methoxy groups -OCH3 is 1. The summed E-state index contributed by atoms with van der Waals surface area (Å²) in [6.45, 7) is 8.00. The van der Waals surface area contributed by atoms with Crippen LogP contribution in [0.5, 0.6) is 5.75 Å². The van der Waals surface area contributed by atoms with E-state index in [1.54, 1.807) is 6.04 Å². The van der Waals surface area contributed by atoms with Crippen LogP contribution in [0.2, 0.25) is 5.02 Å². The Morgan fingerprint density at radius 3 is 2.14 bits per heavy atom. The summed E-state index contributed by atoms with van der Waals surface area (Å²) in [4.78, 5) is 27.0. The first-order valence-electron chi connectivity index (χ1n) is 12.8. The molecule has 3 rings (SSSR count). The molecule has 240 valence electrons. The number of rotatable bonds is 8. The van der Waals surface area contributed by atoms with Gasteiger partial charge in [-0.05, 0) is 71.9 Å². The minimum atomic E-state index is -4.87. The summed E-state index contributed by atoms with van der Waals surface area (Å²) in [6, 6.07) is 7.42. The van der Waals surface area contributed by atoms with Crippen LogP contribution in [-0.4, -0.2) is 42.1 Å². The van der Waals surface area contributed by atoms with Crippen LogP contribution in [-0.2, 0) is 39.6 Å². The van der Waals surface area contributed by atoms with E-state index in [0.29, 0.717) is 17.0 Å². The smallest absolute Gasteiger partial charge is 0.496 e. The van der Waals surface area contributed by atoms with Crippen LogP contribution in [0.15, 0.2) is 36.4 Å². The van der Waals surface area contributed by atoms with E-state index in [9.17, 15) is 27.3 Å². The van der Waals surface area contributed by atoms with Gasteiger partial charge in [0.25, 0.3) is 5.91 Å². The predicted octanol–water partition coefficient (Wildman–Crippen LogP) is 7.58. The van der Waals surface area contributed by atoms with E-state index in [1.165, 1.54) is 60.8 Å². The van der Waals surface area contributed by atoms with Gasteiger partial charge >= 0.3 is 20.1 Å². The normalized spacial score (nSPS) is 17.2. The highest BCUT2D eigenvalue weighted by Crippen LogP contribution is 2.56. The van der Waals surface area contributed by atoms with Crippen LogP contribution < -0.4 is 9.64 Å². The highest BCUT2D eigenvalue weighted by Gasteiger charge is 2.56. The van der Waals surface area contributed by atoms with Crippen molar-refractivity contribution >= 4 is 37.1 Å². The highest BCUT2D eigenvalue weighted by atomic mass is 35.5. The topological polar surface area (TPSA) is 104 Å². The predicted molar refractivity (Wildman–Crippen MR) is 151 cm³/mol. The fourth-order valence-electron chi connectivity index (χ4n) is 4.08. The van der Waals surface area contributed by atoms with E-state index in [4.69, 9.17) is 41.2 Å². The summed E-state index contributed by atoms with van der Waals surface area (Å²) in [5.74, 6) is -1.55. The van der Waals surface area contributed by atoms with Crippen LogP contribution in [0.1, 0.15) is 58.2 Å². The number of amides is 2. The van der Waals surface area contributed by atoms with E-state index >= 15 is 4.39 Å². The third-order valence-corrected chi connectivity index (χ3v) is 7.75. The molecule has 16 heteroatoms. The number of terminal acetylenes is 1. The first-order chi connectivity index (χ1) is 20.0. The summed E-state index contributed by atoms with van der Waals surface area (Å²) >= 11 is 6.05. The zero-order chi connectivity index (χ0) is 33.5.